The van der Waals surface area contributed by atoms with E-state index < -0.39 is 6.04 Å². The van der Waals surface area contributed by atoms with Gasteiger partial charge in [-0.1, -0.05) is 62.4 Å². The SMILES string of the molecule is CC(C)[C@H](C(=O)NCCCc1ccccc1)N1Cc2ccccc2C1=O. The second-order valence-electron chi connectivity index (χ2n) is 7.16. The number of hydrogen-bond donors (Lipinski definition) is 1. The van der Waals surface area contributed by atoms with Gasteiger partial charge in [0.25, 0.3) is 5.91 Å². The van der Waals surface area contributed by atoms with Crippen LogP contribution in [0.25, 0.3) is 0 Å². The van der Waals surface area contributed by atoms with E-state index in [9.17, 15) is 9.59 Å². The highest BCUT2D eigenvalue weighted by molar-refractivity contribution is 6.01. The van der Waals surface area contributed by atoms with E-state index in [1.807, 2.05) is 56.3 Å². The minimum absolute atomic E-state index is 0.0428. The molecule has 0 fully saturated rings. The standard InChI is InChI=1S/C22H26N2O2/c1-16(2)20(24-15-18-12-6-7-13-19(18)22(24)26)21(25)23-14-8-11-17-9-4-3-5-10-17/h3-7,9-10,12-13,16,20H,8,11,14-15H2,1-2H3,(H,23,25)/t20-/m1/s1. The van der Waals surface area contributed by atoms with Crippen LogP contribution in [0.5, 0.6) is 0 Å². The minimum Gasteiger partial charge on any atom is -0.354 e. The Kier molecular flexibility index (Phi) is 5.71. The molecule has 136 valence electrons. The van der Waals surface area contributed by atoms with Gasteiger partial charge in [0.15, 0.2) is 0 Å². The third-order valence-electron chi connectivity index (χ3n) is 4.87. The molecule has 0 aliphatic carbocycles. The molecule has 0 saturated carbocycles. The molecule has 0 radical (unpaired) electrons. The maximum Gasteiger partial charge on any atom is 0.255 e. The lowest BCUT2D eigenvalue weighted by molar-refractivity contribution is -0.127. The lowest BCUT2D eigenvalue weighted by Crippen LogP contribution is -2.50. The van der Waals surface area contributed by atoms with Gasteiger partial charge in [-0.3, -0.25) is 9.59 Å². The van der Waals surface area contributed by atoms with Gasteiger partial charge in [0, 0.05) is 18.7 Å². The zero-order valence-electron chi connectivity index (χ0n) is 15.4. The maximum absolute atomic E-state index is 12.8. The molecule has 0 saturated heterocycles. The van der Waals surface area contributed by atoms with Gasteiger partial charge in [0.2, 0.25) is 5.91 Å². The van der Waals surface area contributed by atoms with Gasteiger partial charge < -0.3 is 10.2 Å². The Hall–Kier alpha value is -2.62. The lowest BCUT2D eigenvalue weighted by atomic mass is 10.0. The van der Waals surface area contributed by atoms with Crippen LogP contribution in [0.1, 0.15) is 41.8 Å². The Morgan fingerprint density at radius 1 is 1.08 bits per heavy atom. The zero-order valence-corrected chi connectivity index (χ0v) is 15.4. The Morgan fingerprint density at radius 2 is 1.77 bits per heavy atom. The molecule has 2 aromatic carbocycles. The van der Waals surface area contributed by atoms with Gasteiger partial charge in [-0.2, -0.15) is 0 Å². The first-order chi connectivity index (χ1) is 12.6. The number of carbonyl (C=O) groups is 2. The van der Waals surface area contributed by atoms with Crippen molar-refractivity contribution in [2.75, 3.05) is 6.54 Å². The van der Waals surface area contributed by atoms with Crippen LogP contribution >= 0.6 is 0 Å². The van der Waals surface area contributed by atoms with Crippen LogP contribution < -0.4 is 5.32 Å². The molecule has 4 nitrogen and oxygen atoms in total. The summed E-state index contributed by atoms with van der Waals surface area (Å²) in [5.41, 5.74) is 2.99. The van der Waals surface area contributed by atoms with E-state index >= 15 is 0 Å². The van der Waals surface area contributed by atoms with Crippen LogP contribution in [0, 0.1) is 5.92 Å². The summed E-state index contributed by atoms with van der Waals surface area (Å²) in [6.45, 7) is 5.11. The summed E-state index contributed by atoms with van der Waals surface area (Å²) in [5.74, 6) is -0.0460. The van der Waals surface area contributed by atoms with Crippen molar-refractivity contribution in [3.05, 3.63) is 71.3 Å². The molecular formula is C22H26N2O2. The number of benzene rings is 2. The van der Waals surface area contributed by atoms with E-state index in [-0.39, 0.29) is 17.7 Å². The fourth-order valence-electron chi connectivity index (χ4n) is 3.56. The predicted molar refractivity (Wildman–Crippen MR) is 103 cm³/mol. The smallest absolute Gasteiger partial charge is 0.255 e. The van der Waals surface area contributed by atoms with Crippen LogP contribution in [-0.4, -0.2) is 29.3 Å². The molecule has 1 N–H and O–H groups in total. The molecule has 26 heavy (non-hydrogen) atoms. The van der Waals surface area contributed by atoms with Gasteiger partial charge in [-0.15, -0.1) is 0 Å². The fraction of sp³-hybridized carbons (Fsp3) is 0.364. The molecule has 1 heterocycles. The van der Waals surface area contributed by atoms with Crippen molar-refractivity contribution in [3.63, 3.8) is 0 Å². The van der Waals surface area contributed by atoms with Gasteiger partial charge in [0.05, 0.1) is 0 Å². The van der Waals surface area contributed by atoms with Crippen LogP contribution in [0.15, 0.2) is 54.6 Å². The molecule has 0 aromatic heterocycles. The molecule has 3 rings (SSSR count). The normalized spacial score (nSPS) is 14.4. The summed E-state index contributed by atoms with van der Waals surface area (Å²) in [4.78, 5) is 27.2. The summed E-state index contributed by atoms with van der Waals surface area (Å²) in [5, 5.41) is 3.03. The van der Waals surface area contributed by atoms with Crippen LogP contribution in [0.2, 0.25) is 0 Å². The molecule has 1 aliphatic heterocycles. The second kappa shape index (κ2) is 8.17. The Labute approximate surface area is 155 Å². The number of hydrogen-bond acceptors (Lipinski definition) is 2. The summed E-state index contributed by atoms with van der Waals surface area (Å²) in [6, 6.07) is 17.4. The van der Waals surface area contributed by atoms with Crippen molar-refractivity contribution >= 4 is 11.8 Å². The number of aryl methyl sites for hydroxylation is 1. The number of rotatable bonds is 7. The Balaban J connectivity index is 1.58. The minimum atomic E-state index is -0.438. The molecular weight excluding hydrogens is 324 g/mol. The highest BCUT2D eigenvalue weighted by Crippen LogP contribution is 2.27. The summed E-state index contributed by atoms with van der Waals surface area (Å²) in [7, 11) is 0. The summed E-state index contributed by atoms with van der Waals surface area (Å²) >= 11 is 0. The third kappa shape index (κ3) is 3.96. The van der Waals surface area contributed by atoms with E-state index in [1.54, 1.807) is 4.90 Å². The average Bonchev–Trinajstić information content (AvgIpc) is 2.96. The fourth-order valence-corrected chi connectivity index (χ4v) is 3.56. The first-order valence-corrected chi connectivity index (χ1v) is 9.28. The zero-order chi connectivity index (χ0) is 18.5. The maximum atomic E-state index is 12.8. The molecule has 0 bridgehead atoms. The van der Waals surface area contributed by atoms with Crippen molar-refractivity contribution in [3.8, 4) is 0 Å². The number of nitrogens with one attached hydrogen (secondary N) is 1. The van der Waals surface area contributed by atoms with E-state index in [1.165, 1.54) is 5.56 Å². The van der Waals surface area contributed by atoms with E-state index in [4.69, 9.17) is 0 Å². The summed E-state index contributed by atoms with van der Waals surface area (Å²) in [6.07, 6.45) is 1.82. The van der Waals surface area contributed by atoms with Crippen molar-refractivity contribution in [1.29, 1.82) is 0 Å². The van der Waals surface area contributed by atoms with E-state index in [0.29, 0.717) is 13.1 Å². The van der Waals surface area contributed by atoms with Crippen LogP contribution in [-0.2, 0) is 17.8 Å². The Morgan fingerprint density at radius 3 is 2.46 bits per heavy atom. The first-order valence-electron chi connectivity index (χ1n) is 9.28. The molecule has 0 spiro atoms. The number of amides is 2. The van der Waals surface area contributed by atoms with Crippen molar-refractivity contribution in [1.82, 2.24) is 10.2 Å². The van der Waals surface area contributed by atoms with Crippen molar-refractivity contribution in [2.45, 2.75) is 39.3 Å². The van der Waals surface area contributed by atoms with Gasteiger partial charge in [0.1, 0.15) is 6.04 Å². The molecule has 2 amide bonds. The van der Waals surface area contributed by atoms with Crippen molar-refractivity contribution in [2.24, 2.45) is 5.92 Å². The van der Waals surface area contributed by atoms with Gasteiger partial charge >= 0.3 is 0 Å². The first kappa shape index (κ1) is 18.2. The number of carbonyl (C=O) groups excluding carboxylic acids is 2. The van der Waals surface area contributed by atoms with Crippen LogP contribution in [0.4, 0.5) is 0 Å². The largest absolute Gasteiger partial charge is 0.354 e. The van der Waals surface area contributed by atoms with E-state index in [2.05, 4.69) is 17.4 Å². The molecule has 2 aromatic rings. The summed E-state index contributed by atoms with van der Waals surface area (Å²) < 4.78 is 0. The number of nitrogens with zero attached hydrogens (tertiary/aromatic N) is 1. The average molecular weight is 350 g/mol. The van der Waals surface area contributed by atoms with Crippen molar-refractivity contribution < 1.29 is 9.59 Å². The highest BCUT2D eigenvalue weighted by atomic mass is 16.2. The second-order valence-corrected chi connectivity index (χ2v) is 7.16. The van der Waals surface area contributed by atoms with Gasteiger partial charge in [-0.25, -0.2) is 0 Å². The van der Waals surface area contributed by atoms with Crippen LogP contribution in [0.3, 0.4) is 0 Å². The monoisotopic (exact) mass is 350 g/mol. The lowest BCUT2D eigenvalue weighted by Gasteiger charge is -2.30. The third-order valence-corrected chi connectivity index (χ3v) is 4.87. The molecule has 1 aliphatic rings. The predicted octanol–water partition coefficient (Wildman–Crippen LogP) is 3.42. The molecule has 1 atom stereocenters. The molecule has 4 heteroatoms. The Bertz CT molecular complexity index is 771. The number of fused-ring (bicyclic) bond motifs is 1. The molecule has 0 unspecified atom stereocenters. The van der Waals surface area contributed by atoms with E-state index in [0.717, 1.165) is 24.0 Å². The highest BCUT2D eigenvalue weighted by Gasteiger charge is 2.37. The van der Waals surface area contributed by atoms with Gasteiger partial charge in [-0.05, 0) is 36.0 Å². The quantitative estimate of drug-likeness (QED) is 0.778. The topological polar surface area (TPSA) is 49.4 Å².